The standard InChI is InChI=1S/C22H24FN3O2/c1-3-21-20(14-25-26(21)19-11-9-18(23)10-12-19)22(27)24-13-16-7-5-6-8-17(16)15-28-4-2/h5-12,14H,3-4,13,15H2,1-2H3,(H,24,27). The van der Waals surface area contributed by atoms with Crippen LogP contribution in [0.4, 0.5) is 4.39 Å². The van der Waals surface area contributed by atoms with Gasteiger partial charge in [-0.25, -0.2) is 9.07 Å². The number of hydrogen-bond acceptors (Lipinski definition) is 3. The number of carbonyl (C=O) groups excluding carboxylic acids is 1. The summed E-state index contributed by atoms with van der Waals surface area (Å²) >= 11 is 0. The molecule has 0 bridgehead atoms. The lowest BCUT2D eigenvalue weighted by Gasteiger charge is -2.11. The van der Waals surface area contributed by atoms with Crippen LogP contribution in [0, 0.1) is 5.82 Å². The van der Waals surface area contributed by atoms with Gasteiger partial charge in [0, 0.05) is 13.2 Å². The maximum absolute atomic E-state index is 13.2. The molecule has 1 heterocycles. The number of ether oxygens (including phenoxy) is 1. The molecule has 0 aliphatic carbocycles. The average molecular weight is 381 g/mol. The number of halogens is 1. The maximum atomic E-state index is 13.2. The van der Waals surface area contributed by atoms with Crippen LogP contribution < -0.4 is 5.32 Å². The van der Waals surface area contributed by atoms with Gasteiger partial charge >= 0.3 is 0 Å². The summed E-state index contributed by atoms with van der Waals surface area (Å²) in [6, 6.07) is 13.9. The first-order chi connectivity index (χ1) is 13.6. The molecule has 0 aliphatic rings. The second kappa shape index (κ2) is 9.28. The summed E-state index contributed by atoms with van der Waals surface area (Å²) in [6.45, 7) is 5.49. The molecule has 1 aromatic heterocycles. The van der Waals surface area contributed by atoms with Crippen molar-refractivity contribution in [2.24, 2.45) is 0 Å². The van der Waals surface area contributed by atoms with Crippen LogP contribution in [-0.2, 0) is 24.3 Å². The van der Waals surface area contributed by atoms with E-state index in [1.165, 1.54) is 12.1 Å². The SMILES string of the molecule is CCOCc1ccccc1CNC(=O)c1cnn(-c2ccc(F)cc2)c1CC. The van der Waals surface area contributed by atoms with Crippen molar-refractivity contribution in [1.82, 2.24) is 15.1 Å². The van der Waals surface area contributed by atoms with Gasteiger partial charge in [0.2, 0.25) is 0 Å². The molecular weight excluding hydrogens is 357 g/mol. The molecule has 1 N–H and O–H groups in total. The molecule has 0 saturated heterocycles. The highest BCUT2D eigenvalue weighted by atomic mass is 19.1. The number of amides is 1. The number of nitrogens with zero attached hydrogens (tertiary/aromatic N) is 2. The first-order valence-corrected chi connectivity index (χ1v) is 9.39. The molecule has 0 fully saturated rings. The molecule has 0 aliphatic heterocycles. The van der Waals surface area contributed by atoms with Crippen molar-refractivity contribution < 1.29 is 13.9 Å². The van der Waals surface area contributed by atoms with E-state index in [4.69, 9.17) is 4.74 Å². The number of nitrogens with one attached hydrogen (secondary N) is 1. The minimum atomic E-state index is -0.308. The van der Waals surface area contributed by atoms with E-state index >= 15 is 0 Å². The van der Waals surface area contributed by atoms with Crippen LogP contribution in [-0.4, -0.2) is 22.3 Å². The first kappa shape index (κ1) is 19.8. The van der Waals surface area contributed by atoms with Gasteiger partial charge in [-0.2, -0.15) is 5.10 Å². The highest BCUT2D eigenvalue weighted by Gasteiger charge is 2.17. The second-order valence-electron chi connectivity index (χ2n) is 6.34. The van der Waals surface area contributed by atoms with E-state index in [9.17, 15) is 9.18 Å². The van der Waals surface area contributed by atoms with Crippen LogP contribution in [0.2, 0.25) is 0 Å². The van der Waals surface area contributed by atoms with Crippen molar-refractivity contribution in [3.8, 4) is 5.69 Å². The molecule has 1 amide bonds. The van der Waals surface area contributed by atoms with Crippen molar-refractivity contribution in [2.45, 2.75) is 33.4 Å². The van der Waals surface area contributed by atoms with Gasteiger partial charge in [0.05, 0.1) is 29.7 Å². The van der Waals surface area contributed by atoms with Crippen LogP contribution in [0.1, 0.15) is 41.0 Å². The topological polar surface area (TPSA) is 56.1 Å². The van der Waals surface area contributed by atoms with E-state index in [0.29, 0.717) is 31.7 Å². The summed E-state index contributed by atoms with van der Waals surface area (Å²) < 4.78 is 20.4. The van der Waals surface area contributed by atoms with Gasteiger partial charge < -0.3 is 10.1 Å². The number of aromatic nitrogens is 2. The number of benzene rings is 2. The minimum absolute atomic E-state index is 0.184. The van der Waals surface area contributed by atoms with Crippen LogP contribution >= 0.6 is 0 Å². The summed E-state index contributed by atoms with van der Waals surface area (Å²) in [5.74, 6) is -0.492. The number of carbonyl (C=O) groups is 1. The van der Waals surface area contributed by atoms with Gasteiger partial charge in [-0.05, 0) is 48.7 Å². The predicted molar refractivity (Wildman–Crippen MR) is 106 cm³/mol. The van der Waals surface area contributed by atoms with Crippen LogP contribution in [0.3, 0.4) is 0 Å². The number of hydrogen-bond donors (Lipinski definition) is 1. The summed E-state index contributed by atoms with van der Waals surface area (Å²) in [5.41, 5.74) is 4.11. The molecule has 0 saturated carbocycles. The Labute approximate surface area is 164 Å². The van der Waals surface area contributed by atoms with Crippen molar-refractivity contribution in [3.63, 3.8) is 0 Å². The van der Waals surface area contributed by atoms with Crippen molar-refractivity contribution >= 4 is 5.91 Å². The van der Waals surface area contributed by atoms with Crippen LogP contribution in [0.5, 0.6) is 0 Å². The molecule has 6 heteroatoms. The Morgan fingerprint density at radius 2 is 1.82 bits per heavy atom. The monoisotopic (exact) mass is 381 g/mol. The van der Waals surface area contributed by atoms with Gasteiger partial charge in [0.1, 0.15) is 5.82 Å². The molecule has 0 radical (unpaired) electrons. The normalized spacial score (nSPS) is 10.8. The smallest absolute Gasteiger partial charge is 0.255 e. The molecule has 146 valence electrons. The van der Waals surface area contributed by atoms with Gasteiger partial charge in [0.25, 0.3) is 5.91 Å². The lowest BCUT2D eigenvalue weighted by Crippen LogP contribution is -2.24. The third-order valence-corrected chi connectivity index (χ3v) is 4.54. The molecule has 5 nitrogen and oxygen atoms in total. The third kappa shape index (κ3) is 4.46. The molecule has 3 rings (SSSR count). The highest BCUT2D eigenvalue weighted by Crippen LogP contribution is 2.17. The lowest BCUT2D eigenvalue weighted by molar-refractivity contribution is 0.0949. The van der Waals surface area contributed by atoms with Crippen molar-refractivity contribution in [3.05, 3.63) is 82.9 Å². The zero-order valence-electron chi connectivity index (χ0n) is 16.1. The Morgan fingerprint density at radius 1 is 1.11 bits per heavy atom. The Hall–Kier alpha value is -2.99. The molecule has 2 aromatic carbocycles. The van der Waals surface area contributed by atoms with Crippen molar-refractivity contribution in [1.29, 1.82) is 0 Å². The van der Waals surface area contributed by atoms with E-state index in [1.807, 2.05) is 38.1 Å². The molecule has 28 heavy (non-hydrogen) atoms. The van der Waals surface area contributed by atoms with Gasteiger partial charge in [-0.3, -0.25) is 4.79 Å². The second-order valence-corrected chi connectivity index (χ2v) is 6.34. The molecule has 0 atom stereocenters. The Balaban J connectivity index is 1.76. The molecule has 3 aromatic rings. The first-order valence-electron chi connectivity index (χ1n) is 9.39. The van der Waals surface area contributed by atoms with Gasteiger partial charge in [-0.1, -0.05) is 31.2 Å². The zero-order chi connectivity index (χ0) is 19.9. The van der Waals surface area contributed by atoms with E-state index in [-0.39, 0.29) is 11.7 Å². The number of rotatable bonds is 8. The van der Waals surface area contributed by atoms with Gasteiger partial charge in [0.15, 0.2) is 0 Å². The zero-order valence-corrected chi connectivity index (χ0v) is 16.1. The summed E-state index contributed by atoms with van der Waals surface area (Å²) in [5, 5.41) is 7.31. The molecule has 0 spiro atoms. The van der Waals surface area contributed by atoms with E-state index in [0.717, 1.165) is 22.5 Å². The van der Waals surface area contributed by atoms with E-state index in [2.05, 4.69) is 10.4 Å². The fourth-order valence-corrected chi connectivity index (χ4v) is 3.06. The fraction of sp³-hybridized carbons (Fsp3) is 0.273. The Morgan fingerprint density at radius 3 is 2.50 bits per heavy atom. The minimum Gasteiger partial charge on any atom is -0.377 e. The molecule has 0 unspecified atom stereocenters. The van der Waals surface area contributed by atoms with E-state index < -0.39 is 0 Å². The Kier molecular flexibility index (Phi) is 6.55. The fourth-order valence-electron chi connectivity index (χ4n) is 3.06. The van der Waals surface area contributed by atoms with Crippen LogP contribution in [0.15, 0.2) is 54.7 Å². The third-order valence-electron chi connectivity index (χ3n) is 4.54. The Bertz CT molecular complexity index is 935. The summed E-state index contributed by atoms with van der Waals surface area (Å²) in [4.78, 5) is 12.8. The lowest BCUT2D eigenvalue weighted by atomic mass is 10.1. The highest BCUT2D eigenvalue weighted by molar-refractivity contribution is 5.95. The maximum Gasteiger partial charge on any atom is 0.255 e. The predicted octanol–water partition coefficient (Wildman–Crippen LogP) is 4.04. The largest absolute Gasteiger partial charge is 0.377 e. The quantitative estimate of drug-likeness (QED) is 0.641. The average Bonchev–Trinajstić information content (AvgIpc) is 3.15. The van der Waals surface area contributed by atoms with Crippen LogP contribution in [0.25, 0.3) is 5.69 Å². The molecular formula is C22H24FN3O2. The van der Waals surface area contributed by atoms with Gasteiger partial charge in [-0.15, -0.1) is 0 Å². The van der Waals surface area contributed by atoms with E-state index in [1.54, 1.807) is 23.0 Å². The summed E-state index contributed by atoms with van der Waals surface area (Å²) in [7, 11) is 0. The summed E-state index contributed by atoms with van der Waals surface area (Å²) in [6.07, 6.45) is 2.19. The van der Waals surface area contributed by atoms with Crippen molar-refractivity contribution in [2.75, 3.05) is 6.61 Å².